The smallest absolute Gasteiger partial charge is 0.311 e. The van der Waals surface area contributed by atoms with Crippen LogP contribution >= 0.6 is 0 Å². The van der Waals surface area contributed by atoms with Crippen LogP contribution in [0.2, 0.25) is 0 Å². The molecule has 2 rings (SSSR count). The van der Waals surface area contributed by atoms with Gasteiger partial charge in [-0.15, -0.1) is 0 Å². The highest BCUT2D eigenvalue weighted by atomic mass is 16.6. The van der Waals surface area contributed by atoms with Crippen molar-refractivity contribution in [1.29, 1.82) is 0 Å². The van der Waals surface area contributed by atoms with Crippen molar-refractivity contribution in [3.63, 3.8) is 0 Å². The highest BCUT2D eigenvalue weighted by Crippen LogP contribution is 2.31. The predicted molar refractivity (Wildman–Crippen MR) is 63.7 cm³/mol. The summed E-state index contributed by atoms with van der Waals surface area (Å²) in [7, 11) is 0. The van der Waals surface area contributed by atoms with Gasteiger partial charge in [0.25, 0.3) is 0 Å². The average molecular weight is 233 g/mol. The zero-order valence-electron chi connectivity index (χ0n) is 9.12. The summed E-state index contributed by atoms with van der Waals surface area (Å²) in [6.45, 7) is 1.50. The van der Waals surface area contributed by atoms with Gasteiger partial charge in [-0.25, -0.2) is 4.98 Å². The fourth-order valence-electron chi connectivity index (χ4n) is 1.63. The maximum Gasteiger partial charge on any atom is 0.311 e. The van der Waals surface area contributed by atoms with Crippen molar-refractivity contribution in [2.45, 2.75) is 13.2 Å². The van der Waals surface area contributed by atoms with Crippen LogP contribution in [0.1, 0.15) is 6.92 Å². The number of aromatic nitrogens is 1. The van der Waals surface area contributed by atoms with E-state index in [1.165, 1.54) is 13.1 Å². The molecular weight excluding hydrogens is 222 g/mol. The molecule has 1 atom stereocenters. The van der Waals surface area contributed by atoms with Crippen molar-refractivity contribution in [3.05, 3.63) is 40.6 Å². The number of benzene rings is 1. The standard InChI is InChI=1S/C11H11N3O3/c1-7(15)13-11-8-4-2-3-5-9(8)12-6-10(11)14(16)17/h2-7,15H,1H3,(H,12,13). The number of para-hydroxylation sites is 1. The van der Waals surface area contributed by atoms with Crippen molar-refractivity contribution in [1.82, 2.24) is 4.98 Å². The van der Waals surface area contributed by atoms with Crippen molar-refractivity contribution in [2.75, 3.05) is 5.32 Å². The van der Waals surface area contributed by atoms with Crippen LogP contribution in [0.3, 0.4) is 0 Å². The largest absolute Gasteiger partial charge is 0.374 e. The molecule has 1 unspecified atom stereocenters. The molecule has 2 aromatic rings. The lowest BCUT2D eigenvalue weighted by molar-refractivity contribution is -0.384. The summed E-state index contributed by atoms with van der Waals surface area (Å²) in [6, 6.07) is 7.04. The maximum absolute atomic E-state index is 10.9. The molecule has 6 heteroatoms. The lowest BCUT2D eigenvalue weighted by Gasteiger charge is -2.11. The van der Waals surface area contributed by atoms with E-state index in [2.05, 4.69) is 10.3 Å². The van der Waals surface area contributed by atoms with Crippen LogP contribution < -0.4 is 5.32 Å². The first kappa shape index (κ1) is 11.3. The summed E-state index contributed by atoms with van der Waals surface area (Å²) in [5.41, 5.74) is 0.779. The quantitative estimate of drug-likeness (QED) is 0.480. The molecule has 0 aliphatic heterocycles. The SMILES string of the molecule is CC(O)Nc1c([N+](=O)[O-])cnc2ccccc12. The minimum absolute atomic E-state index is 0.149. The van der Waals surface area contributed by atoms with Crippen LogP contribution in [0.5, 0.6) is 0 Å². The molecule has 0 aliphatic rings. The van der Waals surface area contributed by atoms with E-state index in [1.54, 1.807) is 24.3 Å². The van der Waals surface area contributed by atoms with Gasteiger partial charge in [0.15, 0.2) is 0 Å². The van der Waals surface area contributed by atoms with Gasteiger partial charge in [-0.05, 0) is 13.0 Å². The highest BCUT2D eigenvalue weighted by Gasteiger charge is 2.18. The van der Waals surface area contributed by atoms with Gasteiger partial charge in [-0.3, -0.25) is 10.1 Å². The van der Waals surface area contributed by atoms with Gasteiger partial charge in [-0.2, -0.15) is 0 Å². The maximum atomic E-state index is 10.9. The Balaban J connectivity index is 2.70. The number of pyridine rings is 1. The Bertz CT molecular complexity index is 569. The number of nitrogens with zero attached hydrogens (tertiary/aromatic N) is 2. The highest BCUT2D eigenvalue weighted by molar-refractivity contribution is 5.95. The van der Waals surface area contributed by atoms with Crippen molar-refractivity contribution in [3.8, 4) is 0 Å². The Labute approximate surface area is 97.1 Å². The van der Waals surface area contributed by atoms with Gasteiger partial charge in [-0.1, -0.05) is 18.2 Å². The monoisotopic (exact) mass is 233 g/mol. The molecule has 88 valence electrons. The molecule has 0 fully saturated rings. The fourth-order valence-corrected chi connectivity index (χ4v) is 1.63. The van der Waals surface area contributed by atoms with Crippen LogP contribution in [-0.2, 0) is 0 Å². The van der Waals surface area contributed by atoms with E-state index in [9.17, 15) is 15.2 Å². The van der Waals surface area contributed by atoms with Gasteiger partial charge < -0.3 is 10.4 Å². The number of nitrogens with one attached hydrogen (secondary N) is 1. The molecule has 0 radical (unpaired) electrons. The fraction of sp³-hybridized carbons (Fsp3) is 0.182. The Hall–Kier alpha value is -2.21. The summed E-state index contributed by atoms with van der Waals surface area (Å²) >= 11 is 0. The van der Waals surface area contributed by atoms with Crippen LogP contribution in [0, 0.1) is 10.1 Å². The second-order valence-electron chi connectivity index (χ2n) is 3.61. The topological polar surface area (TPSA) is 88.3 Å². The lowest BCUT2D eigenvalue weighted by Crippen LogP contribution is -2.15. The van der Waals surface area contributed by atoms with E-state index in [1.807, 2.05) is 0 Å². The van der Waals surface area contributed by atoms with Gasteiger partial charge >= 0.3 is 5.69 Å². The third-order valence-corrected chi connectivity index (χ3v) is 2.31. The van der Waals surface area contributed by atoms with Gasteiger partial charge in [0.05, 0.1) is 10.4 Å². The molecule has 17 heavy (non-hydrogen) atoms. The second-order valence-corrected chi connectivity index (χ2v) is 3.61. The molecule has 1 heterocycles. The number of aliphatic hydroxyl groups excluding tert-OH is 1. The Morgan fingerprint density at radius 1 is 1.47 bits per heavy atom. The lowest BCUT2D eigenvalue weighted by atomic mass is 10.1. The van der Waals surface area contributed by atoms with E-state index < -0.39 is 11.2 Å². The molecule has 0 saturated heterocycles. The zero-order chi connectivity index (χ0) is 12.4. The van der Waals surface area contributed by atoms with Crippen molar-refractivity contribution < 1.29 is 10.0 Å². The molecule has 1 aromatic carbocycles. The summed E-state index contributed by atoms with van der Waals surface area (Å²) in [6.07, 6.45) is 0.312. The molecule has 0 aliphatic carbocycles. The summed E-state index contributed by atoms with van der Waals surface area (Å²) in [4.78, 5) is 14.4. The number of hydrogen-bond acceptors (Lipinski definition) is 5. The first-order valence-electron chi connectivity index (χ1n) is 5.06. The van der Waals surface area contributed by atoms with Gasteiger partial charge in [0, 0.05) is 5.39 Å². The molecule has 0 saturated carbocycles. The summed E-state index contributed by atoms with van der Waals surface area (Å²) in [5, 5.41) is 23.5. The average Bonchev–Trinajstić information content (AvgIpc) is 2.28. The third kappa shape index (κ3) is 2.16. The second kappa shape index (κ2) is 4.34. The Morgan fingerprint density at radius 3 is 2.82 bits per heavy atom. The third-order valence-electron chi connectivity index (χ3n) is 2.31. The van der Waals surface area contributed by atoms with Gasteiger partial charge in [0.2, 0.25) is 0 Å². The molecular formula is C11H11N3O3. The summed E-state index contributed by atoms with van der Waals surface area (Å²) in [5.74, 6) is 0. The minimum atomic E-state index is -0.875. The van der Waals surface area contributed by atoms with Crippen molar-refractivity contribution >= 4 is 22.3 Å². The number of anilines is 1. The van der Waals surface area contributed by atoms with Crippen molar-refractivity contribution in [2.24, 2.45) is 0 Å². The number of nitro groups is 1. The van der Waals surface area contributed by atoms with Gasteiger partial charge in [0.1, 0.15) is 18.1 Å². The summed E-state index contributed by atoms with van der Waals surface area (Å²) < 4.78 is 0. The van der Waals surface area contributed by atoms with Crippen LogP contribution in [-0.4, -0.2) is 21.2 Å². The molecule has 0 amide bonds. The number of hydrogen-bond donors (Lipinski definition) is 2. The zero-order valence-corrected chi connectivity index (χ0v) is 9.12. The normalized spacial score (nSPS) is 12.4. The van der Waals surface area contributed by atoms with Crippen LogP contribution in [0.4, 0.5) is 11.4 Å². The Kier molecular flexibility index (Phi) is 2.88. The molecule has 1 aromatic heterocycles. The van der Waals surface area contributed by atoms with Crippen LogP contribution in [0.15, 0.2) is 30.5 Å². The van der Waals surface area contributed by atoms with E-state index in [0.29, 0.717) is 10.9 Å². The first-order chi connectivity index (χ1) is 8.09. The first-order valence-corrected chi connectivity index (χ1v) is 5.06. The minimum Gasteiger partial charge on any atom is -0.374 e. The molecule has 0 spiro atoms. The van der Waals surface area contributed by atoms with E-state index in [4.69, 9.17) is 0 Å². The van der Waals surface area contributed by atoms with Crippen LogP contribution in [0.25, 0.3) is 10.9 Å². The van der Waals surface area contributed by atoms with E-state index in [-0.39, 0.29) is 11.4 Å². The molecule has 0 bridgehead atoms. The Morgan fingerprint density at radius 2 is 2.18 bits per heavy atom. The number of rotatable bonds is 3. The number of fused-ring (bicyclic) bond motifs is 1. The van der Waals surface area contributed by atoms with E-state index in [0.717, 1.165) is 0 Å². The molecule has 2 N–H and O–H groups in total. The van der Waals surface area contributed by atoms with E-state index >= 15 is 0 Å². The molecule has 6 nitrogen and oxygen atoms in total. The number of aliphatic hydroxyl groups is 1. The predicted octanol–water partition coefficient (Wildman–Crippen LogP) is 1.89.